The smallest absolute Gasteiger partial charge is 0.122 e. The normalized spacial score (nSPS) is 20.6. The summed E-state index contributed by atoms with van der Waals surface area (Å²) in [5, 5.41) is 10.1. The number of halogens is 1. The molecule has 0 heterocycles. The van der Waals surface area contributed by atoms with Crippen molar-refractivity contribution >= 4 is 15.9 Å². The van der Waals surface area contributed by atoms with Gasteiger partial charge in [0.15, 0.2) is 0 Å². The first-order valence-corrected chi connectivity index (χ1v) is 6.06. The van der Waals surface area contributed by atoms with Crippen LogP contribution < -0.4 is 4.74 Å². The Bertz CT molecular complexity index is 363. The summed E-state index contributed by atoms with van der Waals surface area (Å²) >= 11 is 3.50. The standard InChI is InChI=1S/C12H15BrO2/c1-15-11-7-6-9(13)12-8(11)4-2-3-5-10(12)14/h6-7,10,14H,2-5H2,1H3/t10-/m1/s1. The lowest BCUT2D eigenvalue weighted by molar-refractivity contribution is 0.165. The van der Waals surface area contributed by atoms with E-state index >= 15 is 0 Å². The van der Waals surface area contributed by atoms with E-state index in [-0.39, 0.29) is 6.10 Å². The van der Waals surface area contributed by atoms with Gasteiger partial charge in [0.1, 0.15) is 5.75 Å². The van der Waals surface area contributed by atoms with Crippen molar-refractivity contribution in [2.24, 2.45) is 0 Å². The molecule has 0 saturated carbocycles. The maximum Gasteiger partial charge on any atom is 0.122 e. The van der Waals surface area contributed by atoms with E-state index < -0.39 is 0 Å². The van der Waals surface area contributed by atoms with Crippen molar-refractivity contribution in [2.45, 2.75) is 31.8 Å². The number of methoxy groups -OCH3 is 1. The predicted octanol–water partition coefficient (Wildman–Crippen LogP) is 3.22. The van der Waals surface area contributed by atoms with Gasteiger partial charge in [-0.05, 0) is 31.4 Å². The van der Waals surface area contributed by atoms with Crippen LogP contribution in [0, 0.1) is 0 Å². The van der Waals surface area contributed by atoms with Gasteiger partial charge in [0.2, 0.25) is 0 Å². The SMILES string of the molecule is COc1ccc(Br)c2c1CCCC[C@H]2O. The van der Waals surface area contributed by atoms with Crippen LogP contribution >= 0.6 is 15.9 Å². The Kier molecular flexibility index (Phi) is 3.32. The van der Waals surface area contributed by atoms with Crippen LogP contribution in [-0.2, 0) is 6.42 Å². The summed E-state index contributed by atoms with van der Waals surface area (Å²) in [6, 6.07) is 3.91. The summed E-state index contributed by atoms with van der Waals surface area (Å²) in [5.74, 6) is 0.897. The fraction of sp³-hybridized carbons (Fsp3) is 0.500. The number of hydrogen-bond donors (Lipinski definition) is 1. The lowest BCUT2D eigenvalue weighted by Gasteiger charge is -2.16. The van der Waals surface area contributed by atoms with Crippen LogP contribution in [0.5, 0.6) is 5.75 Å². The van der Waals surface area contributed by atoms with E-state index in [9.17, 15) is 5.11 Å². The third-order valence-electron chi connectivity index (χ3n) is 2.97. The Morgan fingerprint density at radius 3 is 2.93 bits per heavy atom. The first kappa shape index (κ1) is 11.0. The van der Waals surface area contributed by atoms with E-state index in [2.05, 4.69) is 15.9 Å². The van der Waals surface area contributed by atoms with E-state index in [1.165, 1.54) is 0 Å². The van der Waals surface area contributed by atoms with Crippen molar-refractivity contribution < 1.29 is 9.84 Å². The molecule has 1 aliphatic carbocycles. The van der Waals surface area contributed by atoms with E-state index in [0.29, 0.717) is 0 Å². The van der Waals surface area contributed by atoms with Crippen molar-refractivity contribution in [3.05, 3.63) is 27.7 Å². The zero-order chi connectivity index (χ0) is 10.8. The minimum Gasteiger partial charge on any atom is -0.496 e. The molecule has 1 aliphatic rings. The zero-order valence-corrected chi connectivity index (χ0v) is 10.4. The molecule has 15 heavy (non-hydrogen) atoms. The van der Waals surface area contributed by atoms with Gasteiger partial charge >= 0.3 is 0 Å². The van der Waals surface area contributed by atoms with Crippen LogP contribution in [0.2, 0.25) is 0 Å². The number of aliphatic hydroxyl groups excluding tert-OH is 1. The number of benzene rings is 1. The number of aliphatic hydroxyl groups is 1. The molecule has 0 saturated heterocycles. The van der Waals surface area contributed by atoms with Crippen molar-refractivity contribution in [1.29, 1.82) is 0 Å². The summed E-state index contributed by atoms with van der Waals surface area (Å²) < 4.78 is 6.33. The lowest BCUT2D eigenvalue weighted by atomic mass is 10.00. The number of hydrogen-bond acceptors (Lipinski definition) is 2. The van der Waals surface area contributed by atoms with Crippen molar-refractivity contribution in [3.8, 4) is 5.75 Å². The number of fused-ring (bicyclic) bond motifs is 1. The fourth-order valence-electron chi connectivity index (χ4n) is 2.21. The molecule has 0 bridgehead atoms. The summed E-state index contributed by atoms with van der Waals surface area (Å²) in [4.78, 5) is 0. The first-order valence-electron chi connectivity index (χ1n) is 5.27. The van der Waals surface area contributed by atoms with Gasteiger partial charge in [-0.2, -0.15) is 0 Å². The molecule has 0 radical (unpaired) electrons. The zero-order valence-electron chi connectivity index (χ0n) is 8.79. The maximum absolute atomic E-state index is 10.1. The van der Waals surface area contributed by atoms with Gasteiger partial charge in [-0.25, -0.2) is 0 Å². The molecule has 1 N–H and O–H groups in total. The first-order chi connectivity index (χ1) is 7.24. The Balaban J connectivity index is 2.55. The molecule has 1 aromatic rings. The largest absolute Gasteiger partial charge is 0.496 e. The van der Waals surface area contributed by atoms with Crippen LogP contribution in [0.4, 0.5) is 0 Å². The molecular formula is C12H15BrO2. The molecule has 0 aromatic heterocycles. The topological polar surface area (TPSA) is 29.5 Å². The van der Waals surface area contributed by atoms with Gasteiger partial charge in [0.05, 0.1) is 13.2 Å². The Morgan fingerprint density at radius 1 is 1.40 bits per heavy atom. The van der Waals surface area contributed by atoms with E-state index in [1.54, 1.807) is 7.11 Å². The molecule has 1 atom stereocenters. The second-order valence-corrected chi connectivity index (χ2v) is 4.76. The van der Waals surface area contributed by atoms with Crippen LogP contribution in [0.1, 0.15) is 36.5 Å². The average Bonchev–Trinajstić information content (AvgIpc) is 2.42. The van der Waals surface area contributed by atoms with Crippen LogP contribution in [0.15, 0.2) is 16.6 Å². The quantitative estimate of drug-likeness (QED) is 0.795. The maximum atomic E-state index is 10.1. The predicted molar refractivity (Wildman–Crippen MR) is 63.2 cm³/mol. The highest BCUT2D eigenvalue weighted by molar-refractivity contribution is 9.10. The third kappa shape index (κ3) is 2.04. The average molecular weight is 271 g/mol. The number of rotatable bonds is 1. The molecule has 3 heteroatoms. The fourth-order valence-corrected chi connectivity index (χ4v) is 2.85. The van der Waals surface area contributed by atoms with Crippen molar-refractivity contribution in [3.63, 3.8) is 0 Å². The van der Waals surface area contributed by atoms with Gasteiger partial charge < -0.3 is 9.84 Å². The third-order valence-corrected chi connectivity index (χ3v) is 3.66. The minimum atomic E-state index is -0.355. The van der Waals surface area contributed by atoms with E-state index in [4.69, 9.17) is 4.74 Å². The molecule has 1 aromatic carbocycles. The molecule has 2 nitrogen and oxygen atoms in total. The molecule has 2 rings (SSSR count). The summed E-state index contributed by atoms with van der Waals surface area (Å²) in [7, 11) is 1.68. The summed E-state index contributed by atoms with van der Waals surface area (Å²) in [6.07, 6.45) is 3.68. The monoisotopic (exact) mass is 270 g/mol. The summed E-state index contributed by atoms with van der Waals surface area (Å²) in [5.41, 5.74) is 2.18. The van der Waals surface area contributed by atoms with Gasteiger partial charge in [-0.15, -0.1) is 0 Å². The molecule has 0 fully saturated rings. The van der Waals surface area contributed by atoms with Crippen molar-refractivity contribution in [1.82, 2.24) is 0 Å². The van der Waals surface area contributed by atoms with Gasteiger partial charge in [0.25, 0.3) is 0 Å². The van der Waals surface area contributed by atoms with Crippen LogP contribution in [0.25, 0.3) is 0 Å². The molecule has 0 spiro atoms. The number of ether oxygens (including phenoxy) is 1. The van der Waals surface area contributed by atoms with E-state index in [1.807, 2.05) is 12.1 Å². The van der Waals surface area contributed by atoms with E-state index in [0.717, 1.165) is 47.0 Å². The molecule has 0 unspecified atom stereocenters. The molecular weight excluding hydrogens is 256 g/mol. The highest BCUT2D eigenvalue weighted by Gasteiger charge is 2.21. The summed E-state index contributed by atoms with van der Waals surface area (Å²) in [6.45, 7) is 0. The van der Waals surface area contributed by atoms with Gasteiger partial charge in [-0.3, -0.25) is 0 Å². The Labute approximate surface area is 98.4 Å². The molecule has 82 valence electrons. The second-order valence-electron chi connectivity index (χ2n) is 3.90. The highest BCUT2D eigenvalue weighted by Crippen LogP contribution is 2.38. The molecule has 0 amide bonds. The molecule has 0 aliphatic heterocycles. The second kappa shape index (κ2) is 4.54. The highest BCUT2D eigenvalue weighted by atomic mass is 79.9. The van der Waals surface area contributed by atoms with Crippen LogP contribution in [0.3, 0.4) is 0 Å². The lowest BCUT2D eigenvalue weighted by Crippen LogP contribution is -2.02. The van der Waals surface area contributed by atoms with Crippen LogP contribution in [-0.4, -0.2) is 12.2 Å². The van der Waals surface area contributed by atoms with Crippen molar-refractivity contribution in [2.75, 3.05) is 7.11 Å². The van der Waals surface area contributed by atoms with Gasteiger partial charge in [-0.1, -0.05) is 22.4 Å². The Morgan fingerprint density at radius 2 is 2.20 bits per heavy atom. The Hall–Kier alpha value is -0.540. The van der Waals surface area contributed by atoms with Gasteiger partial charge in [0, 0.05) is 15.6 Å². The minimum absolute atomic E-state index is 0.355.